The third kappa shape index (κ3) is 13.7. The molecule has 68 heavy (non-hydrogen) atoms. The van der Waals surface area contributed by atoms with Gasteiger partial charge in [-0.05, 0) is 74.6 Å². The third-order valence-electron chi connectivity index (χ3n) is 11.5. The number of carbonyl (C=O) groups is 4. The Morgan fingerprint density at radius 3 is 2.32 bits per heavy atom. The van der Waals surface area contributed by atoms with E-state index in [0.717, 1.165) is 42.1 Å². The van der Waals surface area contributed by atoms with Gasteiger partial charge >= 0.3 is 0 Å². The van der Waals surface area contributed by atoms with Crippen LogP contribution in [0, 0.1) is 0 Å². The summed E-state index contributed by atoms with van der Waals surface area (Å²) in [7, 11) is -0.963. The van der Waals surface area contributed by atoms with Crippen LogP contribution in [-0.2, 0) is 44.4 Å². The Morgan fingerprint density at radius 1 is 0.882 bits per heavy atom. The summed E-state index contributed by atoms with van der Waals surface area (Å²) >= 11 is 8.05. The molecule has 2 saturated heterocycles. The Hall–Kier alpha value is -5.27. The van der Waals surface area contributed by atoms with Crippen molar-refractivity contribution in [3.8, 4) is 5.75 Å². The molecule has 1 atom stereocenters. The molecule has 4 N–H and O–H groups in total. The van der Waals surface area contributed by atoms with E-state index in [4.69, 9.17) is 35.3 Å². The van der Waals surface area contributed by atoms with Crippen LogP contribution in [0.2, 0.25) is 5.02 Å². The van der Waals surface area contributed by atoms with Gasteiger partial charge in [-0.2, -0.15) is 4.98 Å². The molecule has 1 unspecified atom stereocenters. The van der Waals surface area contributed by atoms with Gasteiger partial charge in [0.25, 0.3) is 5.91 Å². The average Bonchev–Trinajstić information content (AvgIpc) is 3.66. The van der Waals surface area contributed by atoms with Crippen LogP contribution in [-0.4, -0.2) is 143 Å². The second kappa shape index (κ2) is 24.3. The van der Waals surface area contributed by atoms with E-state index in [2.05, 4.69) is 36.1 Å². The average molecular weight is 994 g/mol. The molecule has 4 aromatic rings. The number of para-hydroxylation sites is 1. The Morgan fingerprint density at radius 2 is 1.60 bits per heavy atom. The summed E-state index contributed by atoms with van der Waals surface area (Å²) in [5, 5.41) is 12.9. The second-order valence-electron chi connectivity index (χ2n) is 16.6. The van der Waals surface area contributed by atoms with Crippen molar-refractivity contribution in [3.05, 3.63) is 83.0 Å². The largest absolute Gasteiger partial charge is 0.494 e. The number of methoxy groups -OCH3 is 1. The number of thioether (sulfide) groups is 1. The van der Waals surface area contributed by atoms with Crippen LogP contribution < -0.4 is 36.2 Å². The first kappa shape index (κ1) is 50.6. The van der Waals surface area contributed by atoms with Gasteiger partial charge in [-0.15, -0.1) is 11.8 Å². The minimum absolute atomic E-state index is 0.0381. The van der Waals surface area contributed by atoms with E-state index in [9.17, 15) is 23.7 Å². The first-order valence-electron chi connectivity index (χ1n) is 22.5. The lowest BCUT2D eigenvalue weighted by Gasteiger charge is -2.34. The topological polar surface area (TPSA) is 212 Å². The first-order valence-corrected chi connectivity index (χ1v) is 26.5. The van der Waals surface area contributed by atoms with Crippen LogP contribution in [0.25, 0.3) is 0 Å². The molecular formula is C47H58ClN8O10PS. The number of amides is 4. The fourth-order valence-corrected chi connectivity index (χ4v) is 10.3. The lowest BCUT2D eigenvalue weighted by atomic mass is 10.0. The lowest BCUT2D eigenvalue weighted by Crippen LogP contribution is -2.52. The molecule has 0 aliphatic carbocycles. The summed E-state index contributed by atoms with van der Waals surface area (Å²) < 4.78 is 41.1. The molecule has 4 heterocycles. The van der Waals surface area contributed by atoms with Crippen molar-refractivity contribution >= 4 is 88.3 Å². The number of hydrogen-bond acceptors (Lipinski definition) is 16. The SMILES string of the molecule is COc1cc(N2CCC(NC(=O)COCCOCCOCCOCCSc3cccc4c3CN(C3CCC(=O)NC3=O)C4=O)CC2)ccc1Nc1ncc(Cl)c(Nc2ccccc2P(C)(C)=O)n1. The zero-order valence-electron chi connectivity index (χ0n) is 38.4. The quantitative estimate of drug-likeness (QED) is 0.0292. The minimum atomic E-state index is -2.57. The van der Waals surface area contributed by atoms with Crippen LogP contribution in [0.3, 0.4) is 0 Å². The summed E-state index contributed by atoms with van der Waals surface area (Å²) in [6.07, 6.45) is 3.60. The molecule has 18 nitrogen and oxygen atoms in total. The van der Waals surface area contributed by atoms with E-state index in [1.165, 1.54) is 6.20 Å². The number of anilines is 5. The van der Waals surface area contributed by atoms with Gasteiger partial charge in [0.1, 0.15) is 30.6 Å². The molecule has 3 aliphatic rings. The van der Waals surface area contributed by atoms with Crippen LogP contribution in [0.15, 0.2) is 71.8 Å². The normalized spacial score (nSPS) is 16.4. The van der Waals surface area contributed by atoms with Crippen molar-refractivity contribution in [1.29, 1.82) is 0 Å². The molecule has 4 amide bonds. The number of hydrogen-bond donors (Lipinski definition) is 4. The zero-order valence-corrected chi connectivity index (χ0v) is 40.9. The molecule has 3 aromatic carbocycles. The van der Waals surface area contributed by atoms with Crippen LogP contribution in [0.1, 0.15) is 41.6 Å². The van der Waals surface area contributed by atoms with Gasteiger partial charge in [-0.1, -0.05) is 29.8 Å². The van der Waals surface area contributed by atoms with E-state index in [1.807, 2.05) is 54.6 Å². The molecule has 2 fully saturated rings. The van der Waals surface area contributed by atoms with Gasteiger partial charge in [0.05, 0.1) is 70.9 Å². The van der Waals surface area contributed by atoms with Gasteiger partial charge in [-0.25, -0.2) is 4.98 Å². The third-order valence-corrected chi connectivity index (χ3v) is 14.4. The molecular weight excluding hydrogens is 935 g/mol. The summed E-state index contributed by atoms with van der Waals surface area (Å²) in [4.78, 5) is 63.4. The molecule has 0 bridgehead atoms. The predicted molar refractivity (Wildman–Crippen MR) is 262 cm³/mol. The molecule has 7 rings (SSSR count). The number of carbonyl (C=O) groups excluding carboxylic acids is 4. The highest BCUT2D eigenvalue weighted by Crippen LogP contribution is 2.39. The Balaban J connectivity index is 0.714. The highest BCUT2D eigenvalue weighted by atomic mass is 35.5. The van der Waals surface area contributed by atoms with Crippen LogP contribution >= 0.6 is 30.5 Å². The van der Waals surface area contributed by atoms with Crippen molar-refractivity contribution in [1.82, 2.24) is 25.5 Å². The Kier molecular flexibility index (Phi) is 18.1. The first-order chi connectivity index (χ1) is 32.9. The van der Waals surface area contributed by atoms with Crippen LogP contribution in [0.5, 0.6) is 5.75 Å². The van der Waals surface area contributed by atoms with E-state index < -0.39 is 19.1 Å². The molecule has 0 radical (unpaired) electrons. The fraction of sp³-hybridized carbons (Fsp3) is 0.447. The van der Waals surface area contributed by atoms with Gasteiger partial charge in [-0.3, -0.25) is 24.5 Å². The standard InChI is InChI=1S/C47H58ClN8O10PS/c1-62-39-27-32(11-12-36(39)52-47-49-28-35(48)44(54-47)51-37-8-4-5-9-40(37)67(2,3)61)55-17-15-31(16-18-55)50-43(58)30-66-24-23-64-20-19-63-21-22-65-25-26-68-41-10-6-7-33-34(41)29-56(46(33)60)38-13-14-42(57)53-45(38)59/h4-12,27-28,31,38H,13-26,29-30H2,1-3H3,(H,50,58)(H,53,57,59)(H2,49,51,52,54). The number of piperidine rings is 2. The molecule has 1 aromatic heterocycles. The maximum Gasteiger partial charge on any atom is 0.255 e. The Bertz CT molecular complexity index is 2470. The molecule has 364 valence electrons. The maximum atomic E-state index is 13.1. The van der Waals surface area contributed by atoms with Gasteiger partial charge < -0.3 is 54.0 Å². The maximum absolute atomic E-state index is 13.1. The number of rotatable bonds is 24. The summed E-state index contributed by atoms with van der Waals surface area (Å²) in [6.45, 7) is 7.97. The number of nitrogens with zero attached hydrogens (tertiary/aromatic N) is 4. The monoisotopic (exact) mass is 992 g/mol. The number of fused-ring (bicyclic) bond motifs is 1. The predicted octanol–water partition coefficient (Wildman–Crippen LogP) is 5.58. The van der Waals surface area contributed by atoms with Gasteiger partial charge in [0.15, 0.2) is 5.82 Å². The molecule has 0 saturated carbocycles. The fourth-order valence-electron chi connectivity index (χ4n) is 8.07. The van der Waals surface area contributed by atoms with E-state index in [-0.39, 0.29) is 43.4 Å². The van der Waals surface area contributed by atoms with Gasteiger partial charge in [0, 0.05) is 65.4 Å². The highest BCUT2D eigenvalue weighted by Gasteiger charge is 2.40. The van der Waals surface area contributed by atoms with Crippen molar-refractivity contribution in [3.63, 3.8) is 0 Å². The van der Waals surface area contributed by atoms with Crippen molar-refractivity contribution in [2.45, 2.75) is 49.2 Å². The Labute approximate surface area is 405 Å². The number of nitrogens with one attached hydrogen (secondary N) is 4. The summed E-state index contributed by atoms with van der Waals surface area (Å²) in [5.74, 6) is 0.891. The van der Waals surface area contributed by atoms with E-state index in [0.29, 0.717) is 103 Å². The number of halogens is 1. The molecule has 21 heteroatoms. The van der Waals surface area contributed by atoms with E-state index >= 15 is 0 Å². The van der Waals surface area contributed by atoms with Crippen molar-refractivity contribution in [2.75, 3.05) is 108 Å². The molecule has 3 aliphatic heterocycles. The number of aromatic nitrogens is 2. The van der Waals surface area contributed by atoms with E-state index in [1.54, 1.807) is 43.2 Å². The number of imide groups is 1. The zero-order chi connectivity index (χ0) is 48.0. The van der Waals surface area contributed by atoms with Crippen molar-refractivity contribution in [2.24, 2.45) is 0 Å². The summed E-state index contributed by atoms with van der Waals surface area (Å²) in [5.41, 5.74) is 3.81. The number of ether oxygens (including phenoxy) is 5. The molecule has 0 spiro atoms. The summed E-state index contributed by atoms with van der Waals surface area (Å²) in [6, 6.07) is 18.2. The number of benzene rings is 3. The van der Waals surface area contributed by atoms with Gasteiger partial charge in [0.2, 0.25) is 23.7 Å². The smallest absolute Gasteiger partial charge is 0.255 e. The minimum Gasteiger partial charge on any atom is -0.494 e. The lowest BCUT2D eigenvalue weighted by molar-refractivity contribution is -0.137. The second-order valence-corrected chi connectivity index (χ2v) is 21.4. The highest BCUT2D eigenvalue weighted by molar-refractivity contribution is 7.99. The van der Waals surface area contributed by atoms with Crippen LogP contribution in [0.4, 0.5) is 28.8 Å². The van der Waals surface area contributed by atoms with Crippen molar-refractivity contribution < 1.29 is 47.4 Å².